The molecule has 0 bridgehead atoms. The number of allylic oxidation sites excluding steroid dienone is 1. The van der Waals surface area contributed by atoms with Crippen LogP contribution in [0, 0.1) is 0 Å². The first kappa shape index (κ1) is 33.5. The van der Waals surface area contributed by atoms with Gasteiger partial charge in [-0.05, 0) is 31.9 Å². The average molecular weight is 482 g/mol. The minimum absolute atomic E-state index is 0.239. The minimum Gasteiger partial charge on any atom is -0.396 e. The Morgan fingerprint density at radius 1 is 0.441 bits per heavy atom. The molecule has 0 aromatic heterocycles. The molecule has 0 aliphatic heterocycles. The molecular formula is C31H63NO2. The highest BCUT2D eigenvalue weighted by atomic mass is 16.3. The normalized spacial score (nSPS) is 11.6. The van der Waals surface area contributed by atoms with Gasteiger partial charge in [0.25, 0.3) is 0 Å². The highest BCUT2D eigenvalue weighted by Crippen LogP contribution is 2.15. The Morgan fingerprint density at radius 2 is 0.765 bits per heavy atom. The molecule has 34 heavy (non-hydrogen) atoms. The van der Waals surface area contributed by atoms with Gasteiger partial charge in [0.2, 0.25) is 0 Å². The van der Waals surface area contributed by atoms with Gasteiger partial charge in [-0.1, -0.05) is 141 Å². The van der Waals surface area contributed by atoms with Crippen LogP contribution in [0.2, 0.25) is 0 Å². The summed E-state index contributed by atoms with van der Waals surface area (Å²) >= 11 is 0. The van der Waals surface area contributed by atoms with Gasteiger partial charge < -0.3 is 15.1 Å². The Bertz CT molecular complexity index is 378. The molecule has 0 unspecified atom stereocenters. The van der Waals surface area contributed by atoms with Crippen LogP contribution in [0.25, 0.3) is 0 Å². The van der Waals surface area contributed by atoms with Crippen LogP contribution in [-0.2, 0) is 0 Å². The molecular weight excluding hydrogens is 418 g/mol. The van der Waals surface area contributed by atoms with Crippen molar-refractivity contribution < 1.29 is 10.2 Å². The number of unbranched alkanes of at least 4 members (excludes halogenated alkanes) is 21. The molecule has 0 heterocycles. The summed E-state index contributed by atoms with van der Waals surface area (Å²) < 4.78 is 0. The largest absolute Gasteiger partial charge is 0.396 e. The van der Waals surface area contributed by atoms with E-state index in [9.17, 15) is 0 Å². The predicted octanol–water partition coefficient (Wildman–Crippen LogP) is 9.17. The summed E-state index contributed by atoms with van der Waals surface area (Å²) in [5.41, 5.74) is 0. The molecule has 0 fully saturated rings. The second kappa shape index (κ2) is 30.5. The first-order valence-electron chi connectivity index (χ1n) is 15.5. The molecule has 0 aromatic rings. The van der Waals surface area contributed by atoms with Gasteiger partial charge in [0.15, 0.2) is 0 Å². The lowest BCUT2D eigenvalue weighted by Crippen LogP contribution is -2.21. The smallest absolute Gasteiger partial charge is 0.0447 e. The van der Waals surface area contributed by atoms with E-state index in [1.807, 2.05) is 0 Å². The summed E-state index contributed by atoms with van der Waals surface area (Å²) in [5, 5.41) is 18.0. The van der Waals surface area contributed by atoms with Gasteiger partial charge in [-0.2, -0.15) is 0 Å². The molecule has 0 saturated carbocycles. The first-order chi connectivity index (χ1) is 16.8. The second-order valence-electron chi connectivity index (χ2n) is 10.4. The van der Waals surface area contributed by atoms with E-state index in [2.05, 4.69) is 24.1 Å². The standard InChI is InChI=1S/C31H63NO2/c1-2-3-4-5-6-7-8-9-10-11-12-13-14-15-16-17-18-19-20-21-22-23-24-27-32(28-25-30-33)29-26-31-34/h24,27,33-34H,2-23,25-26,28-31H2,1H3. The summed E-state index contributed by atoms with van der Waals surface area (Å²) in [5.74, 6) is 0. The molecule has 3 heteroatoms. The van der Waals surface area contributed by atoms with Crippen molar-refractivity contribution in [1.29, 1.82) is 0 Å². The fraction of sp³-hybridized carbons (Fsp3) is 0.935. The predicted molar refractivity (Wildman–Crippen MR) is 151 cm³/mol. The van der Waals surface area contributed by atoms with Crippen LogP contribution in [0.5, 0.6) is 0 Å². The molecule has 0 amide bonds. The van der Waals surface area contributed by atoms with Crippen LogP contribution >= 0.6 is 0 Å². The third-order valence-corrected chi connectivity index (χ3v) is 7.00. The zero-order chi connectivity index (χ0) is 24.8. The molecule has 0 saturated heterocycles. The van der Waals surface area contributed by atoms with Crippen LogP contribution in [0.3, 0.4) is 0 Å². The SMILES string of the molecule is CCCCCCCCCCCCCCCCCCCCCCCC=CN(CCCO)CCCO. The molecule has 204 valence electrons. The third kappa shape index (κ3) is 27.7. The molecule has 2 N–H and O–H groups in total. The van der Waals surface area contributed by atoms with Gasteiger partial charge in [-0.25, -0.2) is 0 Å². The maximum atomic E-state index is 9.00. The number of hydrogen-bond acceptors (Lipinski definition) is 3. The van der Waals surface area contributed by atoms with Crippen molar-refractivity contribution in [3.05, 3.63) is 12.3 Å². The highest BCUT2D eigenvalue weighted by molar-refractivity contribution is 4.82. The summed E-state index contributed by atoms with van der Waals surface area (Å²) in [7, 11) is 0. The Labute approximate surface area is 214 Å². The molecule has 0 rings (SSSR count). The van der Waals surface area contributed by atoms with Gasteiger partial charge in [0.05, 0.1) is 0 Å². The van der Waals surface area contributed by atoms with Crippen molar-refractivity contribution in [2.24, 2.45) is 0 Å². The maximum Gasteiger partial charge on any atom is 0.0447 e. The van der Waals surface area contributed by atoms with E-state index < -0.39 is 0 Å². The number of nitrogens with zero attached hydrogens (tertiary/aromatic N) is 1. The number of hydrogen-bond donors (Lipinski definition) is 2. The van der Waals surface area contributed by atoms with Crippen molar-refractivity contribution in [3.8, 4) is 0 Å². The molecule has 3 nitrogen and oxygen atoms in total. The number of rotatable bonds is 29. The monoisotopic (exact) mass is 481 g/mol. The van der Waals surface area contributed by atoms with Crippen LogP contribution < -0.4 is 0 Å². The molecule has 0 aromatic carbocycles. The second-order valence-corrected chi connectivity index (χ2v) is 10.4. The third-order valence-electron chi connectivity index (χ3n) is 7.00. The van der Waals surface area contributed by atoms with Crippen molar-refractivity contribution in [3.63, 3.8) is 0 Å². The van der Waals surface area contributed by atoms with Gasteiger partial charge in [0, 0.05) is 26.3 Å². The molecule has 0 atom stereocenters. The lowest BCUT2D eigenvalue weighted by molar-refractivity contribution is 0.236. The highest BCUT2D eigenvalue weighted by Gasteiger charge is 1.98. The quantitative estimate of drug-likeness (QED) is 0.105. The lowest BCUT2D eigenvalue weighted by atomic mass is 10.0. The van der Waals surface area contributed by atoms with E-state index in [-0.39, 0.29) is 13.2 Å². The number of aliphatic hydroxyl groups excluding tert-OH is 2. The van der Waals surface area contributed by atoms with Gasteiger partial charge in [-0.3, -0.25) is 0 Å². The van der Waals surface area contributed by atoms with Crippen molar-refractivity contribution in [2.45, 2.75) is 161 Å². The molecule has 0 spiro atoms. The van der Waals surface area contributed by atoms with E-state index in [0.29, 0.717) is 0 Å². The fourth-order valence-electron chi connectivity index (χ4n) is 4.73. The zero-order valence-electron chi connectivity index (χ0n) is 23.3. The molecule has 0 aliphatic rings. The number of aliphatic hydroxyl groups is 2. The maximum absolute atomic E-state index is 9.00. The Balaban J connectivity index is 3.25. The summed E-state index contributed by atoms with van der Waals surface area (Å²) in [6, 6.07) is 0. The topological polar surface area (TPSA) is 43.7 Å². The fourth-order valence-corrected chi connectivity index (χ4v) is 4.73. The van der Waals surface area contributed by atoms with Crippen LogP contribution in [0.1, 0.15) is 161 Å². The summed E-state index contributed by atoms with van der Waals surface area (Å²) in [6.07, 6.45) is 37.2. The zero-order valence-corrected chi connectivity index (χ0v) is 23.3. The van der Waals surface area contributed by atoms with Crippen LogP contribution in [0.4, 0.5) is 0 Å². The lowest BCUT2D eigenvalue weighted by Gasteiger charge is -2.19. The molecule has 0 aliphatic carbocycles. The van der Waals surface area contributed by atoms with Crippen molar-refractivity contribution >= 4 is 0 Å². The Kier molecular flexibility index (Phi) is 30.0. The van der Waals surface area contributed by atoms with E-state index >= 15 is 0 Å². The van der Waals surface area contributed by atoms with Gasteiger partial charge in [-0.15, -0.1) is 0 Å². The van der Waals surface area contributed by atoms with Crippen LogP contribution in [-0.4, -0.2) is 41.4 Å². The minimum atomic E-state index is 0.239. The first-order valence-corrected chi connectivity index (χ1v) is 15.5. The van der Waals surface area contributed by atoms with Crippen molar-refractivity contribution in [2.75, 3.05) is 26.3 Å². The van der Waals surface area contributed by atoms with Gasteiger partial charge in [0.1, 0.15) is 0 Å². The summed E-state index contributed by atoms with van der Waals surface area (Å²) in [4.78, 5) is 2.23. The molecule has 0 radical (unpaired) electrons. The Morgan fingerprint density at radius 3 is 1.09 bits per heavy atom. The van der Waals surface area contributed by atoms with Crippen LogP contribution in [0.15, 0.2) is 12.3 Å². The van der Waals surface area contributed by atoms with Gasteiger partial charge >= 0.3 is 0 Å². The Hall–Kier alpha value is -0.540. The van der Waals surface area contributed by atoms with E-state index in [1.54, 1.807) is 0 Å². The van der Waals surface area contributed by atoms with E-state index in [4.69, 9.17) is 10.2 Å². The van der Waals surface area contributed by atoms with E-state index in [1.165, 1.54) is 135 Å². The average Bonchev–Trinajstić information content (AvgIpc) is 2.85. The summed E-state index contributed by atoms with van der Waals surface area (Å²) in [6.45, 7) is 4.54. The van der Waals surface area contributed by atoms with Crippen molar-refractivity contribution in [1.82, 2.24) is 4.90 Å². The van der Waals surface area contributed by atoms with E-state index in [0.717, 1.165) is 32.4 Å².